The molecule has 1 aromatic heterocycles. The monoisotopic (exact) mass is 318 g/mol. The molecule has 24 heavy (non-hydrogen) atoms. The van der Waals surface area contributed by atoms with E-state index in [-0.39, 0.29) is 0 Å². The summed E-state index contributed by atoms with van der Waals surface area (Å²) in [7, 11) is 0. The van der Waals surface area contributed by atoms with E-state index in [4.69, 9.17) is 4.52 Å². The summed E-state index contributed by atoms with van der Waals surface area (Å²) in [5, 5.41) is 7.76. The molecule has 0 radical (unpaired) electrons. The van der Waals surface area contributed by atoms with Crippen LogP contribution in [0.4, 0.5) is 5.88 Å². The molecule has 1 aliphatic rings. The Hall–Kier alpha value is -2.55. The first-order chi connectivity index (χ1) is 11.9. The van der Waals surface area contributed by atoms with Crippen LogP contribution >= 0.6 is 0 Å². The van der Waals surface area contributed by atoms with Gasteiger partial charge in [-0.2, -0.15) is 0 Å². The number of fused-ring (bicyclic) bond motifs is 1. The van der Waals surface area contributed by atoms with Crippen molar-refractivity contribution in [3.05, 3.63) is 83.0 Å². The van der Waals surface area contributed by atoms with E-state index in [0.29, 0.717) is 5.92 Å². The molecule has 1 N–H and O–H groups in total. The molecule has 0 bridgehead atoms. The van der Waals surface area contributed by atoms with Crippen molar-refractivity contribution in [2.24, 2.45) is 0 Å². The van der Waals surface area contributed by atoms with E-state index in [9.17, 15) is 0 Å². The van der Waals surface area contributed by atoms with Gasteiger partial charge in [-0.3, -0.25) is 0 Å². The summed E-state index contributed by atoms with van der Waals surface area (Å²) in [6, 6.07) is 21.4. The maximum absolute atomic E-state index is 5.58. The van der Waals surface area contributed by atoms with Crippen LogP contribution in [0.2, 0.25) is 0 Å². The highest BCUT2D eigenvalue weighted by atomic mass is 16.5. The second-order valence-electron chi connectivity index (χ2n) is 6.40. The molecule has 122 valence electrons. The summed E-state index contributed by atoms with van der Waals surface area (Å²) in [5.41, 5.74) is 5.01. The average Bonchev–Trinajstić information content (AvgIpc) is 2.87. The third-order valence-corrected chi connectivity index (χ3v) is 4.81. The average molecular weight is 318 g/mol. The maximum Gasteiger partial charge on any atom is 0.228 e. The van der Waals surface area contributed by atoms with Crippen molar-refractivity contribution in [2.45, 2.75) is 31.6 Å². The topological polar surface area (TPSA) is 38.1 Å². The van der Waals surface area contributed by atoms with Gasteiger partial charge in [0, 0.05) is 24.4 Å². The van der Waals surface area contributed by atoms with Crippen molar-refractivity contribution >= 4 is 5.88 Å². The highest BCUT2D eigenvalue weighted by Gasteiger charge is 2.22. The molecule has 0 spiro atoms. The molecule has 4 rings (SSSR count). The number of hydrogen-bond acceptors (Lipinski definition) is 3. The van der Waals surface area contributed by atoms with Gasteiger partial charge < -0.3 is 9.84 Å². The zero-order valence-electron chi connectivity index (χ0n) is 13.7. The third-order valence-electron chi connectivity index (χ3n) is 4.81. The number of nitrogens with zero attached hydrogens (tertiary/aromatic N) is 1. The van der Waals surface area contributed by atoms with E-state index in [1.165, 1.54) is 29.5 Å². The molecule has 2 aromatic carbocycles. The van der Waals surface area contributed by atoms with Crippen molar-refractivity contribution in [3.63, 3.8) is 0 Å². The fraction of sp³-hybridized carbons (Fsp3) is 0.286. The van der Waals surface area contributed by atoms with E-state index in [1.807, 2.05) is 0 Å². The molecule has 3 aromatic rings. The second-order valence-corrected chi connectivity index (χ2v) is 6.40. The summed E-state index contributed by atoms with van der Waals surface area (Å²) in [4.78, 5) is 0. The lowest BCUT2D eigenvalue weighted by atomic mass is 9.86. The van der Waals surface area contributed by atoms with Crippen molar-refractivity contribution in [2.75, 3.05) is 11.9 Å². The lowest BCUT2D eigenvalue weighted by molar-refractivity contribution is 0.422. The Bertz CT molecular complexity index is 741. The Labute approximate surface area is 142 Å². The van der Waals surface area contributed by atoms with E-state index in [0.717, 1.165) is 31.0 Å². The number of rotatable bonds is 4. The molecule has 3 nitrogen and oxygen atoms in total. The highest BCUT2D eigenvalue weighted by molar-refractivity contribution is 5.46. The second kappa shape index (κ2) is 6.91. The Morgan fingerprint density at radius 1 is 0.917 bits per heavy atom. The Balaban J connectivity index is 1.69. The van der Waals surface area contributed by atoms with Crippen molar-refractivity contribution in [3.8, 4) is 0 Å². The number of anilines is 1. The van der Waals surface area contributed by atoms with Crippen LogP contribution in [0.15, 0.2) is 65.2 Å². The summed E-state index contributed by atoms with van der Waals surface area (Å²) in [6.45, 7) is 0.975. The first-order valence-corrected chi connectivity index (χ1v) is 8.73. The lowest BCUT2D eigenvalue weighted by Crippen LogP contribution is -2.07. The SMILES string of the molecule is c1ccc(C(Cc2noc3c2CCCCN3)c2ccccc2)cc1. The first-order valence-electron chi connectivity index (χ1n) is 8.73. The van der Waals surface area contributed by atoms with Gasteiger partial charge in [-0.25, -0.2) is 0 Å². The van der Waals surface area contributed by atoms with Crippen molar-refractivity contribution in [1.82, 2.24) is 5.16 Å². The van der Waals surface area contributed by atoms with Gasteiger partial charge in [0.15, 0.2) is 0 Å². The van der Waals surface area contributed by atoms with Gasteiger partial charge in [-0.05, 0) is 30.4 Å². The minimum absolute atomic E-state index is 0.296. The zero-order chi connectivity index (χ0) is 16.2. The van der Waals surface area contributed by atoms with Crippen LogP contribution in [-0.4, -0.2) is 11.7 Å². The van der Waals surface area contributed by atoms with E-state index in [2.05, 4.69) is 71.1 Å². The smallest absolute Gasteiger partial charge is 0.228 e. The van der Waals surface area contributed by atoms with Crippen LogP contribution in [-0.2, 0) is 12.8 Å². The largest absolute Gasteiger partial charge is 0.354 e. The number of aromatic nitrogens is 1. The van der Waals surface area contributed by atoms with Gasteiger partial charge in [0.25, 0.3) is 0 Å². The molecule has 0 saturated heterocycles. The van der Waals surface area contributed by atoms with Crippen molar-refractivity contribution < 1.29 is 4.52 Å². The van der Waals surface area contributed by atoms with E-state index in [1.54, 1.807) is 0 Å². The standard InChI is InChI=1S/C21H22N2O/c1-3-9-16(10-4-1)19(17-11-5-2-6-12-17)15-20-18-13-7-8-14-22-21(18)24-23-20/h1-6,9-12,19,22H,7-8,13-15H2. The molecule has 0 unspecified atom stereocenters. The Kier molecular flexibility index (Phi) is 4.32. The van der Waals surface area contributed by atoms with Gasteiger partial charge in [0.05, 0.1) is 5.69 Å². The number of nitrogens with one attached hydrogen (secondary N) is 1. The molecule has 0 saturated carbocycles. The minimum Gasteiger partial charge on any atom is -0.354 e. The molecular formula is C21H22N2O. The Morgan fingerprint density at radius 3 is 2.25 bits per heavy atom. The van der Waals surface area contributed by atoms with Gasteiger partial charge >= 0.3 is 0 Å². The van der Waals surface area contributed by atoms with Crippen LogP contribution in [0.1, 0.15) is 41.1 Å². The highest BCUT2D eigenvalue weighted by Crippen LogP contribution is 2.32. The van der Waals surface area contributed by atoms with E-state index >= 15 is 0 Å². The van der Waals surface area contributed by atoms with Gasteiger partial charge in [0.2, 0.25) is 5.88 Å². The summed E-state index contributed by atoms with van der Waals surface area (Å²) < 4.78 is 5.58. The molecule has 0 amide bonds. The summed E-state index contributed by atoms with van der Waals surface area (Å²) in [5.74, 6) is 1.17. The fourth-order valence-electron chi connectivity index (χ4n) is 3.52. The van der Waals surface area contributed by atoms with Crippen LogP contribution in [0.25, 0.3) is 0 Å². The van der Waals surface area contributed by atoms with Gasteiger partial charge in [-0.15, -0.1) is 0 Å². The maximum atomic E-state index is 5.58. The fourth-order valence-corrected chi connectivity index (χ4v) is 3.52. The van der Waals surface area contributed by atoms with Crippen molar-refractivity contribution in [1.29, 1.82) is 0 Å². The molecule has 3 heteroatoms. The van der Waals surface area contributed by atoms with Crippen LogP contribution in [0.3, 0.4) is 0 Å². The lowest BCUT2D eigenvalue weighted by Gasteiger charge is -2.17. The first kappa shape index (κ1) is 15.0. The predicted molar refractivity (Wildman–Crippen MR) is 96.4 cm³/mol. The molecule has 2 heterocycles. The third kappa shape index (κ3) is 3.07. The quantitative estimate of drug-likeness (QED) is 0.751. The minimum atomic E-state index is 0.296. The molecule has 1 aliphatic heterocycles. The Morgan fingerprint density at radius 2 is 1.58 bits per heavy atom. The number of benzene rings is 2. The molecule has 0 aliphatic carbocycles. The van der Waals surface area contributed by atoms with Crippen LogP contribution < -0.4 is 5.32 Å². The molecular weight excluding hydrogens is 296 g/mol. The molecule has 0 fully saturated rings. The normalized spacial score (nSPS) is 14.0. The predicted octanol–water partition coefficient (Wildman–Crippen LogP) is 4.80. The van der Waals surface area contributed by atoms with Gasteiger partial charge in [-0.1, -0.05) is 65.8 Å². The van der Waals surface area contributed by atoms with Crippen LogP contribution in [0.5, 0.6) is 0 Å². The zero-order valence-corrected chi connectivity index (χ0v) is 13.7. The molecule has 0 atom stereocenters. The van der Waals surface area contributed by atoms with Gasteiger partial charge in [0.1, 0.15) is 0 Å². The number of hydrogen-bond donors (Lipinski definition) is 1. The van der Waals surface area contributed by atoms with Crippen LogP contribution in [0, 0.1) is 0 Å². The summed E-state index contributed by atoms with van der Waals surface area (Å²) >= 11 is 0. The summed E-state index contributed by atoms with van der Waals surface area (Å²) in [6.07, 6.45) is 4.30. The van der Waals surface area contributed by atoms with E-state index < -0.39 is 0 Å².